The third kappa shape index (κ3) is 2.22. The molecule has 4 heteroatoms. The summed E-state index contributed by atoms with van der Waals surface area (Å²) in [7, 11) is 0. The first-order valence-corrected chi connectivity index (χ1v) is 5.83. The first-order valence-electron chi connectivity index (χ1n) is 4.48. The molecular formula is C9H12ClNOS. The van der Waals surface area contributed by atoms with Gasteiger partial charge in [-0.15, -0.1) is 22.9 Å². The highest BCUT2D eigenvalue weighted by Gasteiger charge is 2.18. The van der Waals surface area contributed by atoms with Crippen LogP contribution in [0.25, 0.3) is 0 Å². The Morgan fingerprint density at radius 2 is 2.31 bits per heavy atom. The highest BCUT2D eigenvalue weighted by molar-refractivity contribution is 7.11. The van der Waals surface area contributed by atoms with E-state index in [0.717, 1.165) is 26.1 Å². The van der Waals surface area contributed by atoms with E-state index < -0.39 is 0 Å². The summed E-state index contributed by atoms with van der Waals surface area (Å²) in [5.41, 5.74) is 0. The van der Waals surface area contributed by atoms with Gasteiger partial charge in [-0.2, -0.15) is 0 Å². The average molecular weight is 218 g/mol. The number of rotatable bonds is 2. The third-order valence-corrected chi connectivity index (χ3v) is 3.88. The molecule has 1 aromatic rings. The smallest absolute Gasteiger partial charge is 0.0960 e. The SMILES string of the molecule is ClCc1cnc(C2CCOCC2)s1. The quantitative estimate of drug-likeness (QED) is 0.711. The number of hydrogen-bond acceptors (Lipinski definition) is 3. The van der Waals surface area contributed by atoms with Crippen molar-refractivity contribution < 1.29 is 4.74 Å². The molecule has 0 unspecified atom stereocenters. The van der Waals surface area contributed by atoms with E-state index in [1.807, 2.05) is 6.20 Å². The molecule has 0 N–H and O–H groups in total. The maximum Gasteiger partial charge on any atom is 0.0960 e. The molecular weight excluding hydrogens is 206 g/mol. The zero-order valence-electron chi connectivity index (χ0n) is 7.33. The van der Waals surface area contributed by atoms with Crippen molar-refractivity contribution in [3.63, 3.8) is 0 Å². The molecule has 2 heterocycles. The Hall–Kier alpha value is -0.120. The highest BCUT2D eigenvalue weighted by Crippen LogP contribution is 2.30. The third-order valence-electron chi connectivity index (χ3n) is 2.27. The summed E-state index contributed by atoms with van der Waals surface area (Å²) < 4.78 is 5.31. The van der Waals surface area contributed by atoms with Crippen molar-refractivity contribution in [2.45, 2.75) is 24.6 Å². The minimum Gasteiger partial charge on any atom is -0.381 e. The van der Waals surface area contributed by atoms with Crippen molar-refractivity contribution in [1.82, 2.24) is 4.98 Å². The van der Waals surface area contributed by atoms with E-state index in [1.165, 1.54) is 9.88 Å². The summed E-state index contributed by atoms with van der Waals surface area (Å²) in [5, 5.41) is 1.24. The van der Waals surface area contributed by atoms with Crippen LogP contribution in [0.5, 0.6) is 0 Å². The summed E-state index contributed by atoms with van der Waals surface area (Å²) in [4.78, 5) is 5.56. The van der Waals surface area contributed by atoms with E-state index in [1.54, 1.807) is 11.3 Å². The lowest BCUT2D eigenvalue weighted by Crippen LogP contribution is -2.13. The highest BCUT2D eigenvalue weighted by atomic mass is 35.5. The first kappa shape index (κ1) is 9.44. The second-order valence-corrected chi connectivity index (χ2v) is 4.60. The zero-order chi connectivity index (χ0) is 9.10. The molecule has 1 aliphatic heterocycles. The summed E-state index contributed by atoms with van der Waals surface area (Å²) in [5.74, 6) is 1.19. The molecule has 0 saturated carbocycles. The van der Waals surface area contributed by atoms with E-state index >= 15 is 0 Å². The van der Waals surface area contributed by atoms with Gasteiger partial charge in [0.25, 0.3) is 0 Å². The van der Waals surface area contributed by atoms with Crippen molar-refractivity contribution >= 4 is 22.9 Å². The van der Waals surface area contributed by atoms with Crippen LogP contribution in [0.2, 0.25) is 0 Å². The van der Waals surface area contributed by atoms with Crippen molar-refractivity contribution in [3.05, 3.63) is 16.1 Å². The topological polar surface area (TPSA) is 22.1 Å². The minimum atomic E-state index is 0.584. The Balaban J connectivity index is 2.05. The molecule has 0 bridgehead atoms. The van der Waals surface area contributed by atoms with Gasteiger partial charge in [0.15, 0.2) is 0 Å². The van der Waals surface area contributed by atoms with Gasteiger partial charge in [-0.05, 0) is 12.8 Å². The van der Waals surface area contributed by atoms with Crippen LogP contribution in [0, 0.1) is 0 Å². The van der Waals surface area contributed by atoms with Crippen LogP contribution < -0.4 is 0 Å². The van der Waals surface area contributed by atoms with E-state index in [0.29, 0.717) is 11.8 Å². The molecule has 0 aliphatic carbocycles. The van der Waals surface area contributed by atoms with E-state index in [9.17, 15) is 0 Å². The summed E-state index contributed by atoms with van der Waals surface area (Å²) >= 11 is 7.47. The molecule has 2 nitrogen and oxygen atoms in total. The normalized spacial score (nSPS) is 19.2. The number of thiazole rings is 1. The van der Waals surface area contributed by atoms with Crippen LogP contribution in [-0.2, 0) is 10.6 Å². The number of alkyl halides is 1. The maximum absolute atomic E-state index is 5.72. The van der Waals surface area contributed by atoms with Crippen LogP contribution in [0.3, 0.4) is 0 Å². The molecule has 0 radical (unpaired) electrons. The largest absolute Gasteiger partial charge is 0.381 e. The number of aromatic nitrogens is 1. The average Bonchev–Trinajstić information content (AvgIpc) is 2.67. The second-order valence-electron chi connectivity index (χ2n) is 3.19. The zero-order valence-corrected chi connectivity index (χ0v) is 8.90. The van der Waals surface area contributed by atoms with Crippen LogP contribution >= 0.6 is 22.9 Å². The molecule has 13 heavy (non-hydrogen) atoms. The van der Waals surface area contributed by atoms with Crippen molar-refractivity contribution in [1.29, 1.82) is 0 Å². The van der Waals surface area contributed by atoms with Crippen molar-refractivity contribution in [2.24, 2.45) is 0 Å². The summed E-state index contributed by atoms with van der Waals surface area (Å²) in [6.45, 7) is 1.75. The van der Waals surface area contributed by atoms with Gasteiger partial charge in [0.2, 0.25) is 0 Å². The van der Waals surface area contributed by atoms with Gasteiger partial charge in [0.1, 0.15) is 0 Å². The molecule has 0 aromatic carbocycles. The van der Waals surface area contributed by atoms with Gasteiger partial charge in [-0.25, -0.2) is 4.98 Å². The first-order chi connectivity index (χ1) is 6.40. The predicted molar refractivity (Wildman–Crippen MR) is 54.5 cm³/mol. The van der Waals surface area contributed by atoms with Gasteiger partial charge in [-0.3, -0.25) is 0 Å². The number of nitrogens with zero attached hydrogens (tertiary/aromatic N) is 1. The molecule has 2 rings (SSSR count). The molecule has 0 atom stereocenters. The van der Waals surface area contributed by atoms with E-state index in [-0.39, 0.29) is 0 Å². The molecule has 1 aliphatic rings. The minimum absolute atomic E-state index is 0.584. The van der Waals surface area contributed by atoms with Crippen molar-refractivity contribution in [3.8, 4) is 0 Å². The van der Waals surface area contributed by atoms with Gasteiger partial charge in [-0.1, -0.05) is 0 Å². The van der Waals surface area contributed by atoms with Gasteiger partial charge in [0, 0.05) is 30.2 Å². The molecule has 0 spiro atoms. The Morgan fingerprint density at radius 1 is 1.54 bits per heavy atom. The summed E-state index contributed by atoms with van der Waals surface area (Å²) in [6, 6.07) is 0. The fourth-order valence-electron chi connectivity index (χ4n) is 1.52. The Morgan fingerprint density at radius 3 is 2.92 bits per heavy atom. The van der Waals surface area contributed by atoms with Gasteiger partial charge < -0.3 is 4.74 Å². The van der Waals surface area contributed by atoms with Crippen LogP contribution in [0.1, 0.15) is 28.6 Å². The molecule has 1 fully saturated rings. The fourth-order valence-corrected chi connectivity index (χ4v) is 2.69. The molecule has 1 saturated heterocycles. The molecule has 72 valence electrons. The van der Waals surface area contributed by atoms with Crippen molar-refractivity contribution in [2.75, 3.05) is 13.2 Å². The Kier molecular flexibility index (Phi) is 3.19. The molecule has 1 aromatic heterocycles. The lowest BCUT2D eigenvalue weighted by molar-refractivity contribution is 0.0853. The predicted octanol–water partition coefficient (Wildman–Crippen LogP) is 2.78. The second kappa shape index (κ2) is 4.40. The summed E-state index contributed by atoms with van der Waals surface area (Å²) in [6.07, 6.45) is 4.10. The van der Waals surface area contributed by atoms with Gasteiger partial charge in [0.05, 0.1) is 10.9 Å². The van der Waals surface area contributed by atoms with Crippen LogP contribution in [0.15, 0.2) is 6.20 Å². The number of hydrogen-bond donors (Lipinski definition) is 0. The standard InChI is InChI=1S/C9H12ClNOS/c10-5-8-6-11-9(13-8)7-1-3-12-4-2-7/h6-7H,1-5H2. The fraction of sp³-hybridized carbons (Fsp3) is 0.667. The Bertz CT molecular complexity index is 270. The van der Waals surface area contributed by atoms with E-state index in [2.05, 4.69) is 4.98 Å². The monoisotopic (exact) mass is 217 g/mol. The lowest BCUT2D eigenvalue weighted by atomic mass is 10.0. The van der Waals surface area contributed by atoms with Crippen LogP contribution in [0.4, 0.5) is 0 Å². The van der Waals surface area contributed by atoms with Gasteiger partial charge >= 0.3 is 0 Å². The maximum atomic E-state index is 5.72. The lowest BCUT2D eigenvalue weighted by Gasteiger charge is -2.19. The van der Waals surface area contributed by atoms with E-state index in [4.69, 9.17) is 16.3 Å². The number of halogens is 1. The Labute approximate surface area is 86.9 Å². The number of ether oxygens (including phenoxy) is 1. The molecule has 0 amide bonds. The van der Waals surface area contributed by atoms with Crippen LogP contribution in [-0.4, -0.2) is 18.2 Å².